The first kappa shape index (κ1) is 21.8. The molecule has 0 unspecified atom stereocenters. The van der Waals surface area contributed by atoms with E-state index in [9.17, 15) is 4.79 Å². The molecule has 1 amide bonds. The van der Waals surface area contributed by atoms with Gasteiger partial charge in [-0.05, 0) is 78.7 Å². The number of aliphatic imine (C=N–C) groups is 1. The van der Waals surface area contributed by atoms with E-state index < -0.39 is 0 Å². The van der Waals surface area contributed by atoms with Gasteiger partial charge < -0.3 is 14.8 Å². The van der Waals surface area contributed by atoms with Crippen LogP contribution in [0.15, 0.2) is 108 Å². The van der Waals surface area contributed by atoms with Gasteiger partial charge in [0, 0.05) is 11.9 Å². The molecule has 4 aromatic carbocycles. The highest BCUT2D eigenvalue weighted by Gasteiger charge is 2.04. The predicted octanol–water partition coefficient (Wildman–Crippen LogP) is 6.56. The van der Waals surface area contributed by atoms with Crippen molar-refractivity contribution in [3.05, 3.63) is 114 Å². The number of carbonyl (C=O) groups excluding carboxylic acids is 1. The van der Waals surface area contributed by atoms with Crippen LogP contribution >= 0.6 is 0 Å². The number of rotatable bonds is 8. The van der Waals surface area contributed by atoms with E-state index in [0.717, 1.165) is 34.0 Å². The Balaban J connectivity index is 1.31. The van der Waals surface area contributed by atoms with Crippen LogP contribution in [0.25, 0.3) is 0 Å². The number of aryl methyl sites for hydroxylation is 1. The number of amides is 1. The molecule has 0 aliphatic heterocycles. The van der Waals surface area contributed by atoms with Crippen molar-refractivity contribution in [2.45, 2.75) is 6.92 Å². The maximum absolute atomic E-state index is 12.2. The first-order chi connectivity index (χ1) is 16.1. The number of hydrogen-bond acceptors (Lipinski definition) is 4. The third-order valence-electron chi connectivity index (χ3n) is 4.71. The van der Waals surface area contributed by atoms with Crippen LogP contribution in [0.5, 0.6) is 17.2 Å². The molecular formula is C28H24N2O3. The van der Waals surface area contributed by atoms with E-state index >= 15 is 0 Å². The Bertz CT molecular complexity index is 1240. The molecule has 1 N–H and O–H groups in total. The number of para-hydroxylation sites is 1. The molecule has 0 fully saturated rings. The molecule has 0 spiro atoms. The summed E-state index contributed by atoms with van der Waals surface area (Å²) < 4.78 is 11.4. The molecule has 0 aliphatic carbocycles. The van der Waals surface area contributed by atoms with Gasteiger partial charge in [0.2, 0.25) is 0 Å². The number of nitrogens with zero attached hydrogens (tertiary/aromatic N) is 1. The lowest BCUT2D eigenvalue weighted by atomic mass is 10.2. The fourth-order valence-corrected chi connectivity index (χ4v) is 3.13. The maximum atomic E-state index is 12.2. The summed E-state index contributed by atoms with van der Waals surface area (Å²) in [5.74, 6) is 1.93. The van der Waals surface area contributed by atoms with Gasteiger partial charge in [0.1, 0.15) is 17.2 Å². The number of nitrogens with one attached hydrogen (secondary N) is 1. The maximum Gasteiger partial charge on any atom is 0.262 e. The van der Waals surface area contributed by atoms with Gasteiger partial charge in [0.25, 0.3) is 5.91 Å². The van der Waals surface area contributed by atoms with Crippen LogP contribution in [0.3, 0.4) is 0 Å². The van der Waals surface area contributed by atoms with Crippen LogP contribution in [-0.2, 0) is 4.79 Å². The normalized spacial score (nSPS) is 10.7. The topological polar surface area (TPSA) is 59.9 Å². The van der Waals surface area contributed by atoms with E-state index in [0.29, 0.717) is 5.75 Å². The van der Waals surface area contributed by atoms with Crippen molar-refractivity contribution in [3.8, 4) is 17.2 Å². The standard InChI is InChI=1S/C28H24N2O3/c1-21-7-5-9-24(17-21)30-28(31)20-32-27-12-6-8-22(18-27)19-29-23-13-15-26(16-14-23)33-25-10-3-2-4-11-25/h2-19H,20H2,1H3,(H,30,31). The summed E-state index contributed by atoms with van der Waals surface area (Å²) in [6, 6.07) is 32.3. The van der Waals surface area contributed by atoms with E-state index in [-0.39, 0.29) is 12.5 Å². The zero-order chi connectivity index (χ0) is 22.9. The molecule has 5 heteroatoms. The van der Waals surface area contributed by atoms with Crippen molar-refractivity contribution in [1.29, 1.82) is 0 Å². The van der Waals surface area contributed by atoms with Gasteiger partial charge in [-0.25, -0.2) is 0 Å². The third-order valence-corrected chi connectivity index (χ3v) is 4.71. The second-order valence-corrected chi connectivity index (χ2v) is 7.45. The van der Waals surface area contributed by atoms with Gasteiger partial charge in [-0.2, -0.15) is 0 Å². The smallest absolute Gasteiger partial charge is 0.262 e. The lowest BCUT2D eigenvalue weighted by Gasteiger charge is -2.08. The van der Waals surface area contributed by atoms with Crippen molar-refractivity contribution in [2.24, 2.45) is 4.99 Å². The first-order valence-corrected chi connectivity index (χ1v) is 10.6. The molecular weight excluding hydrogens is 412 g/mol. The number of carbonyl (C=O) groups is 1. The average molecular weight is 437 g/mol. The number of benzene rings is 4. The molecule has 0 saturated heterocycles. The van der Waals surface area contributed by atoms with Crippen molar-refractivity contribution in [1.82, 2.24) is 0 Å². The van der Waals surface area contributed by atoms with Crippen molar-refractivity contribution < 1.29 is 14.3 Å². The third kappa shape index (κ3) is 6.80. The summed E-state index contributed by atoms with van der Waals surface area (Å²) >= 11 is 0. The zero-order valence-electron chi connectivity index (χ0n) is 18.3. The molecule has 33 heavy (non-hydrogen) atoms. The Morgan fingerprint density at radius 1 is 0.818 bits per heavy atom. The summed E-state index contributed by atoms with van der Waals surface area (Å²) in [6.45, 7) is 1.91. The molecule has 0 heterocycles. The minimum atomic E-state index is -0.211. The summed E-state index contributed by atoms with van der Waals surface area (Å²) in [4.78, 5) is 16.7. The number of hydrogen-bond donors (Lipinski definition) is 1. The molecule has 5 nitrogen and oxygen atoms in total. The summed E-state index contributed by atoms with van der Waals surface area (Å²) in [6.07, 6.45) is 1.76. The van der Waals surface area contributed by atoms with E-state index in [1.54, 1.807) is 6.21 Å². The van der Waals surface area contributed by atoms with E-state index in [4.69, 9.17) is 9.47 Å². The van der Waals surface area contributed by atoms with Crippen LogP contribution in [0, 0.1) is 6.92 Å². The molecule has 164 valence electrons. The summed E-state index contributed by atoms with van der Waals surface area (Å²) in [5, 5.41) is 2.83. The van der Waals surface area contributed by atoms with Crippen molar-refractivity contribution in [3.63, 3.8) is 0 Å². The monoisotopic (exact) mass is 436 g/mol. The highest BCUT2D eigenvalue weighted by atomic mass is 16.5. The molecule has 4 rings (SSSR count). The second kappa shape index (κ2) is 10.8. The van der Waals surface area contributed by atoms with Gasteiger partial charge >= 0.3 is 0 Å². The lowest BCUT2D eigenvalue weighted by molar-refractivity contribution is -0.118. The minimum absolute atomic E-state index is 0.0720. The molecule has 0 bridgehead atoms. The van der Waals surface area contributed by atoms with Gasteiger partial charge in [-0.1, -0.05) is 42.5 Å². The fourth-order valence-electron chi connectivity index (χ4n) is 3.13. The predicted molar refractivity (Wildman–Crippen MR) is 132 cm³/mol. The lowest BCUT2D eigenvalue weighted by Crippen LogP contribution is -2.20. The molecule has 0 radical (unpaired) electrons. The van der Waals surface area contributed by atoms with Crippen molar-refractivity contribution in [2.75, 3.05) is 11.9 Å². The number of ether oxygens (including phenoxy) is 2. The van der Waals surface area contributed by atoms with Gasteiger partial charge in [-0.15, -0.1) is 0 Å². The quantitative estimate of drug-likeness (QED) is 0.318. The van der Waals surface area contributed by atoms with Crippen LogP contribution in [0.2, 0.25) is 0 Å². The van der Waals surface area contributed by atoms with Crippen LogP contribution in [0.1, 0.15) is 11.1 Å². The Morgan fingerprint density at radius 2 is 1.55 bits per heavy atom. The zero-order valence-corrected chi connectivity index (χ0v) is 18.3. The van der Waals surface area contributed by atoms with Gasteiger partial charge in [-0.3, -0.25) is 9.79 Å². The Morgan fingerprint density at radius 3 is 2.33 bits per heavy atom. The molecule has 0 aliphatic rings. The summed E-state index contributed by atoms with van der Waals surface area (Å²) in [5.41, 5.74) is 3.51. The number of anilines is 1. The molecule has 0 saturated carbocycles. The average Bonchev–Trinajstić information content (AvgIpc) is 2.83. The van der Waals surface area contributed by atoms with E-state index in [1.165, 1.54) is 0 Å². The Hall–Kier alpha value is -4.38. The molecule has 0 aromatic heterocycles. The Labute approximate surface area is 193 Å². The van der Waals surface area contributed by atoms with E-state index in [2.05, 4.69) is 10.3 Å². The second-order valence-electron chi connectivity index (χ2n) is 7.45. The van der Waals surface area contributed by atoms with Crippen molar-refractivity contribution >= 4 is 23.5 Å². The fraction of sp³-hybridized carbons (Fsp3) is 0.0714. The minimum Gasteiger partial charge on any atom is -0.484 e. The summed E-state index contributed by atoms with van der Waals surface area (Å²) in [7, 11) is 0. The van der Waals surface area contributed by atoms with E-state index in [1.807, 2.05) is 110 Å². The molecule has 0 atom stereocenters. The highest BCUT2D eigenvalue weighted by molar-refractivity contribution is 5.92. The van der Waals surface area contributed by atoms with Crippen LogP contribution < -0.4 is 14.8 Å². The largest absolute Gasteiger partial charge is 0.484 e. The molecule has 4 aromatic rings. The van der Waals surface area contributed by atoms with Crippen LogP contribution in [-0.4, -0.2) is 18.7 Å². The van der Waals surface area contributed by atoms with Gasteiger partial charge in [0.05, 0.1) is 5.69 Å². The SMILES string of the molecule is Cc1cccc(NC(=O)COc2cccc(C=Nc3ccc(Oc4ccccc4)cc3)c2)c1. The first-order valence-electron chi connectivity index (χ1n) is 10.6. The highest BCUT2D eigenvalue weighted by Crippen LogP contribution is 2.24. The Kier molecular flexibility index (Phi) is 7.13. The van der Waals surface area contributed by atoms with Gasteiger partial charge in [0.15, 0.2) is 6.61 Å². The van der Waals surface area contributed by atoms with Crippen LogP contribution in [0.4, 0.5) is 11.4 Å².